The fourth-order valence-electron chi connectivity index (χ4n) is 1.93. The highest BCUT2D eigenvalue weighted by Gasteiger charge is 2.27. The summed E-state index contributed by atoms with van der Waals surface area (Å²) in [5.41, 5.74) is 0.850. The van der Waals surface area contributed by atoms with Crippen LogP contribution in [0.25, 0.3) is 0 Å². The Labute approximate surface area is 160 Å². The van der Waals surface area contributed by atoms with Crippen molar-refractivity contribution >= 4 is 47.2 Å². The zero-order chi connectivity index (χ0) is 16.6. The number of hydrogen-bond acceptors (Lipinski definition) is 3. The van der Waals surface area contributed by atoms with Crippen LogP contribution in [0.5, 0.6) is 0 Å². The molecule has 7 heteroatoms. The Morgan fingerprint density at radius 2 is 2.04 bits per heavy atom. The van der Waals surface area contributed by atoms with Gasteiger partial charge in [-0.3, -0.25) is 9.79 Å². The summed E-state index contributed by atoms with van der Waals surface area (Å²) in [5.74, 6) is 1.19. The molecule has 1 rings (SSSR count). The van der Waals surface area contributed by atoms with E-state index in [1.807, 2.05) is 20.8 Å². The van der Waals surface area contributed by atoms with Crippen LogP contribution in [0.1, 0.15) is 39.2 Å². The Morgan fingerprint density at radius 3 is 2.57 bits per heavy atom. The molecule has 0 radical (unpaired) electrons. The van der Waals surface area contributed by atoms with Gasteiger partial charge in [0.15, 0.2) is 5.96 Å². The lowest BCUT2D eigenvalue weighted by Gasteiger charge is -2.25. The number of amides is 1. The highest BCUT2D eigenvalue weighted by molar-refractivity contribution is 14.0. The van der Waals surface area contributed by atoms with E-state index in [1.54, 1.807) is 18.4 Å². The minimum absolute atomic E-state index is 0. The number of carbonyl (C=O) groups is 1. The molecule has 5 nitrogen and oxygen atoms in total. The monoisotopic (exact) mass is 452 g/mol. The SMILES string of the molecule is CCNC(=O)C(C)(C)CNC(=NC)NCC(C)c1ccsc1.I. The van der Waals surface area contributed by atoms with E-state index in [0.29, 0.717) is 19.0 Å². The van der Waals surface area contributed by atoms with E-state index in [2.05, 4.69) is 44.7 Å². The summed E-state index contributed by atoms with van der Waals surface area (Å²) >= 11 is 1.71. The van der Waals surface area contributed by atoms with Crippen LogP contribution in [0, 0.1) is 5.41 Å². The smallest absolute Gasteiger partial charge is 0.227 e. The van der Waals surface area contributed by atoms with Crippen molar-refractivity contribution in [2.24, 2.45) is 10.4 Å². The van der Waals surface area contributed by atoms with Crippen LogP contribution in [0.2, 0.25) is 0 Å². The van der Waals surface area contributed by atoms with E-state index < -0.39 is 5.41 Å². The number of guanidine groups is 1. The highest BCUT2D eigenvalue weighted by atomic mass is 127. The molecule has 0 aliphatic heterocycles. The topological polar surface area (TPSA) is 65.5 Å². The van der Waals surface area contributed by atoms with Crippen LogP contribution >= 0.6 is 35.3 Å². The molecular weight excluding hydrogens is 423 g/mol. The molecule has 1 unspecified atom stereocenters. The van der Waals surface area contributed by atoms with Crippen molar-refractivity contribution < 1.29 is 4.79 Å². The van der Waals surface area contributed by atoms with E-state index in [0.717, 1.165) is 12.5 Å². The van der Waals surface area contributed by atoms with Gasteiger partial charge < -0.3 is 16.0 Å². The van der Waals surface area contributed by atoms with Gasteiger partial charge in [0.2, 0.25) is 5.91 Å². The standard InChI is InChI=1S/C16H28N4OS.HI/c1-6-18-14(21)16(3,4)11-20-15(17-5)19-9-12(2)13-7-8-22-10-13;/h7-8,10,12H,6,9,11H2,1-5H3,(H,18,21)(H2,17,19,20);1H. The van der Waals surface area contributed by atoms with Crippen LogP contribution in [0.4, 0.5) is 0 Å². The second kappa shape index (κ2) is 10.9. The summed E-state index contributed by atoms with van der Waals surface area (Å²) in [6, 6.07) is 2.14. The van der Waals surface area contributed by atoms with E-state index >= 15 is 0 Å². The third kappa shape index (κ3) is 7.52. The molecule has 0 bridgehead atoms. The minimum atomic E-state index is -0.480. The second-order valence-electron chi connectivity index (χ2n) is 6.01. The van der Waals surface area contributed by atoms with Gasteiger partial charge >= 0.3 is 0 Å². The fourth-order valence-corrected chi connectivity index (χ4v) is 2.71. The molecule has 1 amide bonds. The average molecular weight is 452 g/mol. The molecule has 23 heavy (non-hydrogen) atoms. The number of rotatable bonds is 7. The summed E-state index contributed by atoms with van der Waals surface area (Å²) in [5, 5.41) is 13.7. The van der Waals surface area contributed by atoms with Crippen LogP contribution in [0.15, 0.2) is 21.8 Å². The van der Waals surface area contributed by atoms with E-state index in [9.17, 15) is 4.79 Å². The molecule has 1 aromatic rings. The Hall–Kier alpha value is -0.830. The largest absolute Gasteiger partial charge is 0.356 e. The normalized spacial score (nSPS) is 13.0. The van der Waals surface area contributed by atoms with Crippen molar-refractivity contribution in [2.45, 2.75) is 33.6 Å². The highest BCUT2D eigenvalue weighted by Crippen LogP contribution is 2.17. The van der Waals surface area contributed by atoms with Gasteiger partial charge in [0, 0.05) is 26.7 Å². The minimum Gasteiger partial charge on any atom is -0.356 e. The second-order valence-corrected chi connectivity index (χ2v) is 6.79. The number of hydrogen-bond donors (Lipinski definition) is 3. The van der Waals surface area contributed by atoms with Gasteiger partial charge in [-0.25, -0.2) is 0 Å². The molecule has 0 aliphatic rings. The molecule has 0 aliphatic carbocycles. The number of nitrogens with one attached hydrogen (secondary N) is 3. The van der Waals surface area contributed by atoms with Crippen molar-refractivity contribution in [1.29, 1.82) is 0 Å². The van der Waals surface area contributed by atoms with Crippen molar-refractivity contribution in [3.63, 3.8) is 0 Å². The third-order valence-corrected chi connectivity index (χ3v) is 4.26. The Morgan fingerprint density at radius 1 is 1.35 bits per heavy atom. The molecule has 3 N–H and O–H groups in total. The number of aliphatic imine (C=N–C) groups is 1. The number of thiophene rings is 1. The van der Waals surface area contributed by atoms with Crippen LogP contribution in [-0.4, -0.2) is 38.5 Å². The molecular formula is C16H29IN4OS. The summed E-state index contributed by atoms with van der Waals surface area (Å²) in [7, 11) is 1.74. The third-order valence-electron chi connectivity index (χ3n) is 3.56. The summed E-state index contributed by atoms with van der Waals surface area (Å²) in [6.45, 7) is 9.93. The van der Waals surface area contributed by atoms with Crippen LogP contribution in [0.3, 0.4) is 0 Å². The van der Waals surface area contributed by atoms with Gasteiger partial charge in [-0.15, -0.1) is 24.0 Å². The Balaban J connectivity index is 0.00000484. The Kier molecular flexibility index (Phi) is 10.5. The first kappa shape index (κ1) is 22.2. The summed E-state index contributed by atoms with van der Waals surface area (Å²) < 4.78 is 0. The van der Waals surface area contributed by atoms with E-state index in [1.165, 1.54) is 5.56 Å². The molecule has 0 spiro atoms. The predicted molar refractivity (Wildman–Crippen MR) is 110 cm³/mol. The molecule has 0 saturated carbocycles. The molecule has 1 aromatic heterocycles. The first-order valence-corrected chi connectivity index (χ1v) is 8.60. The lowest BCUT2D eigenvalue weighted by Crippen LogP contribution is -2.48. The van der Waals surface area contributed by atoms with Crippen LogP contribution in [-0.2, 0) is 4.79 Å². The molecule has 0 saturated heterocycles. The molecule has 0 fully saturated rings. The van der Waals surface area contributed by atoms with Gasteiger partial charge in [-0.1, -0.05) is 6.92 Å². The first-order chi connectivity index (χ1) is 10.4. The van der Waals surface area contributed by atoms with E-state index in [-0.39, 0.29) is 29.9 Å². The molecule has 1 atom stereocenters. The van der Waals surface area contributed by atoms with Gasteiger partial charge in [0.25, 0.3) is 0 Å². The summed E-state index contributed by atoms with van der Waals surface area (Å²) in [6.07, 6.45) is 0. The Bertz CT molecular complexity index is 488. The average Bonchev–Trinajstić information content (AvgIpc) is 3.01. The number of nitrogens with zero attached hydrogens (tertiary/aromatic N) is 1. The van der Waals surface area contributed by atoms with E-state index in [4.69, 9.17) is 0 Å². The first-order valence-electron chi connectivity index (χ1n) is 7.65. The summed E-state index contributed by atoms with van der Waals surface area (Å²) in [4.78, 5) is 16.2. The molecule has 1 heterocycles. The van der Waals surface area contributed by atoms with Gasteiger partial charge in [-0.2, -0.15) is 11.3 Å². The maximum absolute atomic E-state index is 12.0. The zero-order valence-electron chi connectivity index (χ0n) is 14.6. The maximum atomic E-state index is 12.0. The van der Waals surface area contributed by atoms with Gasteiger partial charge in [0.1, 0.15) is 0 Å². The molecule has 0 aromatic carbocycles. The lowest BCUT2D eigenvalue weighted by molar-refractivity contribution is -0.128. The fraction of sp³-hybridized carbons (Fsp3) is 0.625. The quantitative estimate of drug-likeness (QED) is 0.339. The predicted octanol–water partition coefficient (Wildman–Crippen LogP) is 2.80. The van der Waals surface area contributed by atoms with Crippen molar-refractivity contribution in [2.75, 3.05) is 26.7 Å². The van der Waals surface area contributed by atoms with Gasteiger partial charge in [0.05, 0.1) is 5.41 Å². The van der Waals surface area contributed by atoms with Crippen molar-refractivity contribution in [3.8, 4) is 0 Å². The molecule has 132 valence electrons. The number of carbonyl (C=O) groups excluding carboxylic acids is 1. The zero-order valence-corrected chi connectivity index (χ0v) is 17.7. The van der Waals surface area contributed by atoms with Crippen molar-refractivity contribution in [1.82, 2.24) is 16.0 Å². The van der Waals surface area contributed by atoms with Gasteiger partial charge in [-0.05, 0) is 49.1 Å². The van der Waals surface area contributed by atoms with Crippen molar-refractivity contribution in [3.05, 3.63) is 22.4 Å². The number of halogens is 1. The maximum Gasteiger partial charge on any atom is 0.227 e. The lowest BCUT2D eigenvalue weighted by atomic mass is 9.92. The van der Waals surface area contributed by atoms with Crippen LogP contribution < -0.4 is 16.0 Å².